The van der Waals surface area contributed by atoms with Gasteiger partial charge in [-0.1, -0.05) is 46.3 Å². The second kappa shape index (κ2) is 4.01. The van der Waals surface area contributed by atoms with E-state index in [1.807, 2.05) is 18.2 Å². The van der Waals surface area contributed by atoms with Crippen LogP contribution in [0.4, 0.5) is 0 Å². The summed E-state index contributed by atoms with van der Waals surface area (Å²) in [5.41, 5.74) is 1.15. The lowest BCUT2D eigenvalue weighted by Gasteiger charge is -2.07. The number of benzene rings is 1. The van der Waals surface area contributed by atoms with Crippen molar-refractivity contribution in [2.45, 2.75) is 24.2 Å². The SMILES string of the molecule is BrCc1nnc(-c2ccccc2)n1C1CC1. The summed E-state index contributed by atoms with van der Waals surface area (Å²) >= 11 is 3.47. The molecule has 1 fully saturated rings. The van der Waals surface area contributed by atoms with Crippen LogP contribution in [0.15, 0.2) is 30.3 Å². The third-order valence-electron chi connectivity index (χ3n) is 2.83. The summed E-state index contributed by atoms with van der Waals surface area (Å²) in [4.78, 5) is 0. The quantitative estimate of drug-likeness (QED) is 0.807. The Kier molecular flexibility index (Phi) is 2.52. The highest BCUT2D eigenvalue weighted by Crippen LogP contribution is 2.39. The average Bonchev–Trinajstić information content (AvgIpc) is 3.09. The predicted molar refractivity (Wildman–Crippen MR) is 66.4 cm³/mol. The molecule has 0 atom stereocenters. The first-order valence-corrected chi connectivity index (χ1v) is 6.57. The van der Waals surface area contributed by atoms with Gasteiger partial charge in [-0.15, -0.1) is 10.2 Å². The Balaban J connectivity index is 2.10. The van der Waals surface area contributed by atoms with Gasteiger partial charge in [-0.3, -0.25) is 0 Å². The van der Waals surface area contributed by atoms with E-state index in [2.05, 4.69) is 42.8 Å². The molecule has 4 heteroatoms. The summed E-state index contributed by atoms with van der Waals surface area (Å²) < 4.78 is 2.27. The predicted octanol–water partition coefficient (Wildman–Crippen LogP) is 3.17. The maximum atomic E-state index is 4.30. The Morgan fingerprint density at radius 3 is 2.56 bits per heavy atom. The van der Waals surface area contributed by atoms with Crippen LogP contribution in [0, 0.1) is 0 Å². The number of nitrogens with zero attached hydrogens (tertiary/aromatic N) is 3. The third-order valence-corrected chi connectivity index (χ3v) is 3.33. The molecule has 0 amide bonds. The van der Waals surface area contributed by atoms with Crippen LogP contribution in [0.3, 0.4) is 0 Å². The Morgan fingerprint density at radius 1 is 1.19 bits per heavy atom. The average molecular weight is 278 g/mol. The van der Waals surface area contributed by atoms with Gasteiger partial charge in [-0.25, -0.2) is 0 Å². The number of hydrogen-bond acceptors (Lipinski definition) is 2. The molecule has 3 rings (SSSR count). The zero-order chi connectivity index (χ0) is 11.0. The topological polar surface area (TPSA) is 30.7 Å². The van der Waals surface area contributed by atoms with E-state index in [0.29, 0.717) is 6.04 Å². The molecule has 1 saturated carbocycles. The second-order valence-corrected chi connectivity index (χ2v) is 4.60. The van der Waals surface area contributed by atoms with Gasteiger partial charge in [0.05, 0.1) is 5.33 Å². The first-order chi connectivity index (χ1) is 7.90. The Labute approximate surface area is 103 Å². The molecule has 82 valence electrons. The van der Waals surface area contributed by atoms with Crippen molar-refractivity contribution in [3.05, 3.63) is 36.2 Å². The van der Waals surface area contributed by atoms with Gasteiger partial charge in [0, 0.05) is 11.6 Å². The molecule has 0 radical (unpaired) electrons. The van der Waals surface area contributed by atoms with Gasteiger partial charge < -0.3 is 4.57 Å². The van der Waals surface area contributed by atoms with E-state index in [0.717, 1.165) is 22.5 Å². The molecule has 0 saturated heterocycles. The van der Waals surface area contributed by atoms with E-state index in [-0.39, 0.29) is 0 Å². The number of hydrogen-bond donors (Lipinski definition) is 0. The number of aromatic nitrogens is 3. The molecule has 1 heterocycles. The van der Waals surface area contributed by atoms with Crippen LogP contribution < -0.4 is 0 Å². The standard InChI is InChI=1S/C12H12BrN3/c13-8-11-14-15-12(16(11)10-6-7-10)9-4-2-1-3-5-9/h1-5,10H,6-8H2. The van der Waals surface area contributed by atoms with E-state index < -0.39 is 0 Å². The minimum atomic E-state index is 0.609. The highest BCUT2D eigenvalue weighted by molar-refractivity contribution is 9.08. The maximum Gasteiger partial charge on any atom is 0.164 e. The monoisotopic (exact) mass is 277 g/mol. The van der Waals surface area contributed by atoms with Crippen LogP contribution in [0.25, 0.3) is 11.4 Å². The highest BCUT2D eigenvalue weighted by atomic mass is 79.9. The molecule has 0 bridgehead atoms. The van der Waals surface area contributed by atoms with Crippen LogP contribution in [0.2, 0.25) is 0 Å². The molecule has 0 unspecified atom stereocenters. The van der Waals surface area contributed by atoms with Crippen molar-refractivity contribution in [3.63, 3.8) is 0 Å². The normalized spacial score (nSPS) is 15.3. The molecular formula is C12H12BrN3. The van der Waals surface area contributed by atoms with Crippen molar-refractivity contribution >= 4 is 15.9 Å². The number of halogens is 1. The summed E-state index contributed by atoms with van der Waals surface area (Å²) in [6.45, 7) is 0. The van der Waals surface area contributed by atoms with Crippen molar-refractivity contribution in [1.29, 1.82) is 0 Å². The zero-order valence-corrected chi connectivity index (χ0v) is 10.4. The van der Waals surface area contributed by atoms with Gasteiger partial charge in [0.15, 0.2) is 5.82 Å². The van der Waals surface area contributed by atoms with E-state index in [4.69, 9.17) is 0 Å². The van der Waals surface area contributed by atoms with Crippen LogP contribution in [-0.4, -0.2) is 14.8 Å². The molecule has 2 aromatic rings. The van der Waals surface area contributed by atoms with E-state index in [1.54, 1.807) is 0 Å². The minimum Gasteiger partial charge on any atom is -0.307 e. The van der Waals surface area contributed by atoms with Gasteiger partial charge in [-0.05, 0) is 12.8 Å². The lowest BCUT2D eigenvalue weighted by atomic mass is 10.2. The lowest BCUT2D eigenvalue weighted by Crippen LogP contribution is -2.01. The second-order valence-electron chi connectivity index (χ2n) is 4.04. The van der Waals surface area contributed by atoms with Gasteiger partial charge in [0.1, 0.15) is 5.82 Å². The van der Waals surface area contributed by atoms with Crippen molar-refractivity contribution in [2.75, 3.05) is 0 Å². The van der Waals surface area contributed by atoms with Crippen LogP contribution >= 0.6 is 15.9 Å². The molecule has 3 nitrogen and oxygen atoms in total. The van der Waals surface area contributed by atoms with Crippen molar-refractivity contribution in [3.8, 4) is 11.4 Å². The molecule has 1 aliphatic rings. The molecule has 16 heavy (non-hydrogen) atoms. The molecule has 0 aliphatic heterocycles. The van der Waals surface area contributed by atoms with Crippen molar-refractivity contribution in [2.24, 2.45) is 0 Å². The molecule has 1 aromatic carbocycles. The summed E-state index contributed by atoms with van der Waals surface area (Å²) in [6, 6.07) is 10.9. The summed E-state index contributed by atoms with van der Waals surface area (Å²) in [7, 11) is 0. The van der Waals surface area contributed by atoms with Crippen LogP contribution in [0.1, 0.15) is 24.7 Å². The molecule has 1 aromatic heterocycles. The first-order valence-electron chi connectivity index (χ1n) is 5.45. The smallest absolute Gasteiger partial charge is 0.164 e. The van der Waals surface area contributed by atoms with E-state index in [9.17, 15) is 0 Å². The van der Waals surface area contributed by atoms with Gasteiger partial charge in [0.25, 0.3) is 0 Å². The van der Waals surface area contributed by atoms with Crippen LogP contribution in [-0.2, 0) is 5.33 Å². The van der Waals surface area contributed by atoms with Crippen molar-refractivity contribution in [1.82, 2.24) is 14.8 Å². The molecule has 1 aliphatic carbocycles. The van der Waals surface area contributed by atoms with E-state index >= 15 is 0 Å². The third kappa shape index (κ3) is 1.67. The fraction of sp³-hybridized carbons (Fsp3) is 0.333. The fourth-order valence-corrected chi connectivity index (χ4v) is 2.30. The number of rotatable bonds is 3. The molecule has 0 N–H and O–H groups in total. The maximum absolute atomic E-state index is 4.30. The van der Waals surface area contributed by atoms with Crippen molar-refractivity contribution < 1.29 is 0 Å². The number of alkyl halides is 1. The minimum absolute atomic E-state index is 0.609. The Morgan fingerprint density at radius 2 is 1.94 bits per heavy atom. The highest BCUT2D eigenvalue weighted by Gasteiger charge is 2.29. The largest absolute Gasteiger partial charge is 0.307 e. The first kappa shape index (κ1) is 10.0. The Hall–Kier alpha value is -1.16. The summed E-state index contributed by atoms with van der Waals surface area (Å²) in [5, 5.41) is 9.31. The molecule has 0 spiro atoms. The van der Waals surface area contributed by atoms with Gasteiger partial charge in [0.2, 0.25) is 0 Å². The molecular weight excluding hydrogens is 266 g/mol. The van der Waals surface area contributed by atoms with E-state index in [1.165, 1.54) is 12.8 Å². The van der Waals surface area contributed by atoms with Gasteiger partial charge in [-0.2, -0.15) is 0 Å². The zero-order valence-electron chi connectivity index (χ0n) is 8.81. The van der Waals surface area contributed by atoms with Crippen LogP contribution in [0.5, 0.6) is 0 Å². The Bertz CT molecular complexity index is 488. The lowest BCUT2D eigenvalue weighted by molar-refractivity contribution is 0.714. The fourth-order valence-electron chi connectivity index (χ4n) is 1.92. The summed E-state index contributed by atoms with van der Waals surface area (Å²) in [5.74, 6) is 2.03. The van der Waals surface area contributed by atoms with Gasteiger partial charge >= 0.3 is 0 Å². The summed E-state index contributed by atoms with van der Waals surface area (Å²) in [6.07, 6.45) is 2.50.